The van der Waals surface area contributed by atoms with Crippen molar-refractivity contribution in [3.05, 3.63) is 23.1 Å². The van der Waals surface area contributed by atoms with E-state index in [1.165, 1.54) is 10.9 Å². The fourth-order valence-corrected chi connectivity index (χ4v) is 2.57. The summed E-state index contributed by atoms with van der Waals surface area (Å²) in [5.41, 5.74) is 0. The van der Waals surface area contributed by atoms with E-state index in [2.05, 4.69) is 5.32 Å². The van der Waals surface area contributed by atoms with E-state index in [0.717, 1.165) is 23.1 Å². The van der Waals surface area contributed by atoms with Gasteiger partial charge < -0.3 is 15.5 Å². The van der Waals surface area contributed by atoms with Gasteiger partial charge >= 0.3 is 0 Å². The van der Waals surface area contributed by atoms with Crippen LogP contribution in [0.25, 0.3) is 10.1 Å². The largest absolute Gasteiger partial charge is 0.504 e. The number of phenolic OH excluding ortho intramolecular Hbond substituents is 2. The molecule has 15 heavy (non-hydrogen) atoms. The van der Waals surface area contributed by atoms with E-state index in [1.807, 2.05) is 19.2 Å². The second kappa shape index (κ2) is 4.08. The minimum atomic E-state index is -0.0551. The molecule has 0 spiro atoms. The number of likely N-dealkylation sites (N-methyl/N-ethyl adjacent to an activating group) is 1. The molecule has 1 heterocycles. The molecule has 3 N–H and O–H groups in total. The Bertz CT molecular complexity index is 479. The zero-order chi connectivity index (χ0) is 10.8. The molecule has 0 radical (unpaired) electrons. The third kappa shape index (κ3) is 1.91. The van der Waals surface area contributed by atoms with Crippen LogP contribution >= 0.6 is 11.3 Å². The maximum absolute atomic E-state index is 9.64. The molecule has 0 bridgehead atoms. The van der Waals surface area contributed by atoms with Crippen molar-refractivity contribution in [2.75, 3.05) is 13.6 Å². The van der Waals surface area contributed by atoms with Crippen LogP contribution in [0, 0.1) is 0 Å². The van der Waals surface area contributed by atoms with Crippen LogP contribution in [0.15, 0.2) is 18.2 Å². The van der Waals surface area contributed by atoms with Gasteiger partial charge in [0.25, 0.3) is 0 Å². The van der Waals surface area contributed by atoms with Crippen molar-refractivity contribution in [2.24, 2.45) is 0 Å². The lowest BCUT2D eigenvalue weighted by atomic mass is 10.2. The van der Waals surface area contributed by atoms with Gasteiger partial charge in [-0.25, -0.2) is 0 Å². The number of hydrogen-bond donors (Lipinski definition) is 3. The predicted octanol–water partition coefficient (Wildman–Crippen LogP) is 2.07. The first kappa shape index (κ1) is 10.3. The summed E-state index contributed by atoms with van der Waals surface area (Å²) in [4.78, 5) is 1.21. The van der Waals surface area contributed by atoms with Crippen molar-refractivity contribution in [3.63, 3.8) is 0 Å². The molecule has 0 saturated heterocycles. The van der Waals surface area contributed by atoms with Crippen molar-refractivity contribution in [2.45, 2.75) is 6.42 Å². The van der Waals surface area contributed by atoms with Gasteiger partial charge in [-0.2, -0.15) is 0 Å². The summed E-state index contributed by atoms with van der Waals surface area (Å²) in [5, 5.41) is 22.8. The molecule has 0 aliphatic carbocycles. The third-order valence-corrected chi connectivity index (χ3v) is 3.48. The standard InChI is InChI=1S/C11H13NO2S/c1-12-5-4-7-6-8-10(15-7)3-2-9(13)11(8)14/h2-3,6,12-14H,4-5H2,1H3. The Morgan fingerprint density at radius 2 is 2.13 bits per heavy atom. The van der Waals surface area contributed by atoms with Crippen LogP contribution in [0.4, 0.5) is 0 Å². The smallest absolute Gasteiger partial charge is 0.166 e. The van der Waals surface area contributed by atoms with Gasteiger partial charge in [-0.3, -0.25) is 0 Å². The zero-order valence-electron chi connectivity index (χ0n) is 8.45. The molecular formula is C11H13NO2S. The summed E-state index contributed by atoms with van der Waals surface area (Å²) in [5.74, 6) is -0.0695. The number of benzene rings is 1. The highest BCUT2D eigenvalue weighted by molar-refractivity contribution is 7.19. The second-order valence-corrected chi connectivity index (χ2v) is 4.58. The molecule has 0 unspecified atom stereocenters. The first-order chi connectivity index (χ1) is 7.22. The summed E-state index contributed by atoms with van der Waals surface area (Å²) in [7, 11) is 1.91. The number of thiophene rings is 1. The molecule has 0 atom stereocenters. The van der Waals surface area contributed by atoms with Gasteiger partial charge in [-0.15, -0.1) is 11.3 Å². The Morgan fingerprint density at radius 1 is 1.33 bits per heavy atom. The van der Waals surface area contributed by atoms with Gasteiger partial charge in [-0.1, -0.05) is 0 Å². The Kier molecular flexibility index (Phi) is 2.79. The van der Waals surface area contributed by atoms with Crippen LogP contribution in [-0.4, -0.2) is 23.8 Å². The fourth-order valence-electron chi connectivity index (χ4n) is 1.51. The third-order valence-electron chi connectivity index (χ3n) is 2.32. The molecule has 0 fully saturated rings. The van der Waals surface area contributed by atoms with Gasteiger partial charge in [0, 0.05) is 15.0 Å². The number of phenols is 2. The quantitative estimate of drug-likeness (QED) is 0.698. The number of fused-ring (bicyclic) bond motifs is 1. The van der Waals surface area contributed by atoms with Crippen molar-refractivity contribution in [1.82, 2.24) is 5.32 Å². The van der Waals surface area contributed by atoms with Crippen molar-refractivity contribution >= 4 is 21.4 Å². The molecule has 4 heteroatoms. The van der Waals surface area contributed by atoms with Crippen molar-refractivity contribution < 1.29 is 10.2 Å². The Balaban J connectivity index is 2.42. The normalized spacial score (nSPS) is 11.0. The van der Waals surface area contributed by atoms with E-state index in [-0.39, 0.29) is 11.5 Å². The zero-order valence-corrected chi connectivity index (χ0v) is 9.27. The van der Waals surface area contributed by atoms with Gasteiger partial charge in [0.2, 0.25) is 0 Å². The number of rotatable bonds is 3. The first-order valence-electron chi connectivity index (χ1n) is 4.80. The summed E-state index contributed by atoms with van der Waals surface area (Å²) in [6, 6.07) is 5.29. The Morgan fingerprint density at radius 3 is 2.87 bits per heavy atom. The van der Waals surface area contributed by atoms with Gasteiger partial charge in [0.05, 0.1) is 0 Å². The highest BCUT2D eigenvalue weighted by Gasteiger charge is 2.08. The van der Waals surface area contributed by atoms with E-state index >= 15 is 0 Å². The lowest BCUT2D eigenvalue weighted by Gasteiger charge is -1.96. The molecule has 3 nitrogen and oxygen atoms in total. The summed E-state index contributed by atoms with van der Waals surface area (Å²) in [6.07, 6.45) is 0.941. The minimum Gasteiger partial charge on any atom is -0.504 e. The van der Waals surface area contributed by atoms with Gasteiger partial charge in [0.15, 0.2) is 11.5 Å². The second-order valence-electron chi connectivity index (χ2n) is 3.41. The van der Waals surface area contributed by atoms with Crippen LogP contribution < -0.4 is 5.32 Å². The van der Waals surface area contributed by atoms with E-state index < -0.39 is 0 Å². The molecule has 0 aliphatic heterocycles. The number of aromatic hydroxyl groups is 2. The summed E-state index contributed by atoms with van der Waals surface area (Å²) in [6.45, 7) is 0.916. The van der Waals surface area contributed by atoms with E-state index in [0.29, 0.717) is 0 Å². The minimum absolute atomic E-state index is 0.0144. The summed E-state index contributed by atoms with van der Waals surface area (Å²) >= 11 is 1.65. The molecule has 2 rings (SSSR count). The van der Waals surface area contributed by atoms with Crippen LogP contribution in [0.5, 0.6) is 11.5 Å². The monoisotopic (exact) mass is 223 g/mol. The topological polar surface area (TPSA) is 52.5 Å². The molecule has 0 amide bonds. The maximum Gasteiger partial charge on any atom is 0.166 e. The highest BCUT2D eigenvalue weighted by Crippen LogP contribution is 2.38. The highest BCUT2D eigenvalue weighted by atomic mass is 32.1. The van der Waals surface area contributed by atoms with E-state index in [1.54, 1.807) is 11.3 Å². The van der Waals surface area contributed by atoms with Gasteiger partial charge in [0.1, 0.15) is 0 Å². The van der Waals surface area contributed by atoms with Crippen molar-refractivity contribution in [1.29, 1.82) is 0 Å². The van der Waals surface area contributed by atoms with Crippen LogP contribution in [-0.2, 0) is 6.42 Å². The predicted molar refractivity (Wildman–Crippen MR) is 62.8 cm³/mol. The molecule has 2 aromatic rings. The molecule has 1 aromatic carbocycles. The van der Waals surface area contributed by atoms with Gasteiger partial charge in [-0.05, 0) is 38.2 Å². The average molecular weight is 223 g/mol. The molecule has 0 saturated carbocycles. The maximum atomic E-state index is 9.64. The van der Waals surface area contributed by atoms with Crippen LogP contribution in [0.3, 0.4) is 0 Å². The lowest BCUT2D eigenvalue weighted by molar-refractivity contribution is 0.408. The van der Waals surface area contributed by atoms with Crippen LogP contribution in [0.1, 0.15) is 4.88 Å². The molecule has 80 valence electrons. The van der Waals surface area contributed by atoms with E-state index in [9.17, 15) is 10.2 Å². The molecular weight excluding hydrogens is 210 g/mol. The molecule has 0 aliphatic rings. The Labute approximate surface area is 92.0 Å². The lowest BCUT2D eigenvalue weighted by Crippen LogP contribution is -2.09. The SMILES string of the molecule is CNCCc1cc2c(O)c(O)ccc2s1. The van der Waals surface area contributed by atoms with E-state index in [4.69, 9.17) is 0 Å². The number of hydrogen-bond acceptors (Lipinski definition) is 4. The molecule has 1 aromatic heterocycles. The van der Waals surface area contributed by atoms with Crippen molar-refractivity contribution in [3.8, 4) is 11.5 Å². The fraction of sp³-hybridized carbons (Fsp3) is 0.273. The Hall–Kier alpha value is -1.26. The number of nitrogens with one attached hydrogen (secondary N) is 1. The van der Waals surface area contributed by atoms with Crippen LogP contribution in [0.2, 0.25) is 0 Å². The average Bonchev–Trinajstić information content (AvgIpc) is 2.64. The summed E-state index contributed by atoms with van der Waals surface area (Å²) < 4.78 is 1.01. The first-order valence-corrected chi connectivity index (χ1v) is 5.62.